The molecule has 3 aromatic rings. The van der Waals surface area contributed by atoms with E-state index >= 15 is 0 Å². The van der Waals surface area contributed by atoms with Crippen molar-refractivity contribution in [2.24, 2.45) is 5.10 Å². The van der Waals surface area contributed by atoms with Gasteiger partial charge < -0.3 is 24.8 Å². The number of para-hydroxylation sites is 1. The third kappa shape index (κ3) is 8.29. The molecule has 9 nitrogen and oxygen atoms in total. The summed E-state index contributed by atoms with van der Waals surface area (Å²) in [6, 6.07) is 21.2. The number of carbonyl (C=O) groups is 2. The van der Waals surface area contributed by atoms with Crippen molar-refractivity contribution in [2.75, 3.05) is 13.2 Å². The number of hydrogen-bond acceptors (Lipinski definition) is 7. The molecule has 0 bridgehead atoms. The number of thiocarbonyl (C=S) groups is 1. The number of esters is 1. The minimum absolute atomic E-state index is 0.230. The molecule has 212 valence electrons. The third-order valence-electron chi connectivity index (χ3n) is 5.96. The molecular weight excluding hydrogens is 564 g/mol. The van der Waals surface area contributed by atoms with Gasteiger partial charge in [-0.1, -0.05) is 41.9 Å². The van der Waals surface area contributed by atoms with Crippen LogP contribution in [0.2, 0.25) is 5.02 Å². The van der Waals surface area contributed by atoms with E-state index in [9.17, 15) is 9.59 Å². The normalized spacial score (nSPS) is 14.7. The average Bonchev–Trinajstić information content (AvgIpc) is 2.96. The second kappa shape index (κ2) is 14.3. The fourth-order valence-corrected chi connectivity index (χ4v) is 4.41. The van der Waals surface area contributed by atoms with Crippen molar-refractivity contribution in [2.45, 2.75) is 26.5 Å². The predicted octanol–water partition coefficient (Wildman–Crippen LogP) is 4.80. The lowest BCUT2D eigenvalue weighted by atomic mass is 9.95. The molecule has 1 aliphatic heterocycles. The van der Waals surface area contributed by atoms with E-state index in [0.29, 0.717) is 45.1 Å². The second-order valence-electron chi connectivity index (χ2n) is 8.89. The van der Waals surface area contributed by atoms with E-state index in [2.05, 4.69) is 21.2 Å². The van der Waals surface area contributed by atoms with E-state index in [1.165, 1.54) is 6.21 Å². The summed E-state index contributed by atoms with van der Waals surface area (Å²) in [5.74, 6) is 0.191. The first-order valence-corrected chi connectivity index (χ1v) is 13.6. The summed E-state index contributed by atoms with van der Waals surface area (Å²) in [6.07, 6.45) is 1.52. The van der Waals surface area contributed by atoms with E-state index in [1.807, 2.05) is 54.6 Å². The Balaban J connectivity index is 1.32. The first-order valence-electron chi connectivity index (χ1n) is 12.8. The maximum Gasteiger partial charge on any atom is 0.338 e. The number of allylic oxidation sites excluding steroid dienone is 1. The van der Waals surface area contributed by atoms with Gasteiger partial charge in [0.25, 0.3) is 5.91 Å². The maximum atomic E-state index is 12.7. The molecule has 0 radical (unpaired) electrons. The molecule has 3 aromatic carbocycles. The van der Waals surface area contributed by atoms with E-state index in [-0.39, 0.29) is 13.2 Å². The molecule has 1 amide bonds. The van der Waals surface area contributed by atoms with Crippen LogP contribution in [0.1, 0.15) is 36.6 Å². The van der Waals surface area contributed by atoms with E-state index in [4.69, 9.17) is 38.0 Å². The Kier molecular flexibility index (Phi) is 10.3. The topological polar surface area (TPSA) is 110 Å². The van der Waals surface area contributed by atoms with E-state index in [1.54, 1.807) is 32.0 Å². The lowest BCUT2D eigenvalue weighted by Crippen LogP contribution is -2.45. The zero-order chi connectivity index (χ0) is 29.2. The number of rotatable bonds is 11. The van der Waals surface area contributed by atoms with Gasteiger partial charge >= 0.3 is 5.97 Å². The van der Waals surface area contributed by atoms with Gasteiger partial charge in [0.05, 0.1) is 24.4 Å². The minimum atomic E-state index is -0.613. The maximum absolute atomic E-state index is 12.7. The predicted molar refractivity (Wildman–Crippen MR) is 161 cm³/mol. The quantitative estimate of drug-likeness (QED) is 0.126. The van der Waals surface area contributed by atoms with Crippen LogP contribution < -0.4 is 25.5 Å². The summed E-state index contributed by atoms with van der Waals surface area (Å²) in [6.45, 7) is 3.85. The molecule has 41 heavy (non-hydrogen) atoms. The van der Waals surface area contributed by atoms with Gasteiger partial charge in [0.1, 0.15) is 18.1 Å². The van der Waals surface area contributed by atoms with E-state index in [0.717, 1.165) is 11.1 Å². The fourth-order valence-electron chi connectivity index (χ4n) is 4.01. The standard InChI is InChI=1S/C30H29ClN4O5S/c1-3-38-29(37)27-19(2)33-30(41)34-28(27)24-6-4-5-7-25(24)40-18-26(36)35-32-16-20-10-14-23(15-11-20)39-17-21-8-12-22(31)13-9-21/h4-16,28H,3,17-18H2,1-2H3,(H,35,36)(H2,33,34,41)/t28-/m0/s1. The molecule has 3 N–H and O–H groups in total. The number of ether oxygens (including phenoxy) is 3. The number of nitrogens with one attached hydrogen (secondary N) is 3. The number of hydrogen-bond donors (Lipinski definition) is 3. The molecule has 0 saturated carbocycles. The molecule has 1 heterocycles. The summed E-state index contributed by atoms with van der Waals surface area (Å²) in [4.78, 5) is 25.1. The van der Waals surface area contributed by atoms with Gasteiger partial charge in [-0.15, -0.1) is 0 Å². The van der Waals surface area contributed by atoms with Gasteiger partial charge in [-0.25, -0.2) is 10.2 Å². The molecule has 0 saturated heterocycles. The summed E-state index contributed by atoms with van der Waals surface area (Å²) in [7, 11) is 0. The smallest absolute Gasteiger partial charge is 0.338 e. The Bertz CT molecular complexity index is 1460. The summed E-state index contributed by atoms with van der Waals surface area (Å²) in [5, 5.41) is 11.1. The lowest BCUT2D eigenvalue weighted by molar-refractivity contribution is -0.139. The fraction of sp³-hybridized carbons (Fsp3) is 0.200. The van der Waals surface area contributed by atoms with Gasteiger partial charge in [0, 0.05) is 16.3 Å². The Morgan fingerprint density at radius 2 is 1.78 bits per heavy atom. The Morgan fingerprint density at radius 1 is 1.05 bits per heavy atom. The number of halogens is 1. The van der Waals surface area contributed by atoms with Crippen LogP contribution in [0.4, 0.5) is 0 Å². The molecular formula is C30H29ClN4O5S. The Hall–Kier alpha value is -4.41. The van der Waals surface area contributed by atoms with Crippen LogP contribution in [0.3, 0.4) is 0 Å². The highest BCUT2D eigenvalue weighted by molar-refractivity contribution is 7.80. The summed E-state index contributed by atoms with van der Waals surface area (Å²) >= 11 is 11.2. The summed E-state index contributed by atoms with van der Waals surface area (Å²) < 4.78 is 16.8. The van der Waals surface area contributed by atoms with Gasteiger partial charge in [0.2, 0.25) is 0 Å². The van der Waals surface area contributed by atoms with Crippen LogP contribution in [0, 0.1) is 0 Å². The molecule has 1 aliphatic rings. The zero-order valence-corrected chi connectivity index (χ0v) is 24.1. The highest BCUT2D eigenvalue weighted by atomic mass is 35.5. The highest BCUT2D eigenvalue weighted by Gasteiger charge is 2.32. The number of carbonyl (C=O) groups excluding carboxylic acids is 2. The monoisotopic (exact) mass is 592 g/mol. The van der Waals surface area contributed by atoms with Crippen molar-refractivity contribution in [3.8, 4) is 11.5 Å². The van der Waals surface area contributed by atoms with Crippen molar-refractivity contribution >= 4 is 47.0 Å². The first kappa shape index (κ1) is 29.6. The third-order valence-corrected chi connectivity index (χ3v) is 6.43. The number of amides is 1. The largest absolute Gasteiger partial charge is 0.489 e. The van der Waals surface area contributed by atoms with E-state index < -0.39 is 17.9 Å². The van der Waals surface area contributed by atoms with Crippen LogP contribution in [0.15, 0.2) is 89.2 Å². The van der Waals surface area contributed by atoms with Crippen LogP contribution in [-0.4, -0.2) is 36.4 Å². The molecule has 0 unspecified atom stereocenters. The van der Waals surface area contributed by atoms with Crippen LogP contribution in [-0.2, 0) is 20.9 Å². The minimum Gasteiger partial charge on any atom is -0.489 e. The van der Waals surface area contributed by atoms with Crippen molar-refractivity contribution in [1.82, 2.24) is 16.1 Å². The first-order chi connectivity index (χ1) is 19.8. The molecule has 0 aliphatic carbocycles. The zero-order valence-electron chi connectivity index (χ0n) is 22.5. The lowest BCUT2D eigenvalue weighted by Gasteiger charge is -2.30. The molecule has 11 heteroatoms. The van der Waals surface area contributed by atoms with Crippen LogP contribution in [0.25, 0.3) is 0 Å². The molecule has 1 atom stereocenters. The highest BCUT2D eigenvalue weighted by Crippen LogP contribution is 2.33. The molecule has 0 spiro atoms. The molecule has 0 aromatic heterocycles. The van der Waals surface area contributed by atoms with Crippen molar-refractivity contribution < 1.29 is 23.8 Å². The van der Waals surface area contributed by atoms with Gasteiger partial charge in [-0.3, -0.25) is 4.79 Å². The number of hydrazone groups is 1. The van der Waals surface area contributed by atoms with Crippen molar-refractivity contribution in [3.63, 3.8) is 0 Å². The Morgan fingerprint density at radius 3 is 2.51 bits per heavy atom. The van der Waals surface area contributed by atoms with Crippen LogP contribution in [0.5, 0.6) is 11.5 Å². The summed E-state index contributed by atoms with van der Waals surface area (Å²) in [5.41, 5.74) is 5.84. The van der Waals surface area contributed by atoms with Gasteiger partial charge in [0.15, 0.2) is 11.7 Å². The van der Waals surface area contributed by atoms with Gasteiger partial charge in [-0.2, -0.15) is 5.10 Å². The number of benzene rings is 3. The van der Waals surface area contributed by atoms with Crippen molar-refractivity contribution in [3.05, 3.63) is 106 Å². The van der Waals surface area contributed by atoms with Gasteiger partial charge in [-0.05, 0) is 79.7 Å². The molecule has 4 rings (SSSR count). The molecule has 0 fully saturated rings. The second-order valence-corrected chi connectivity index (χ2v) is 9.74. The average molecular weight is 593 g/mol. The number of nitrogens with zero attached hydrogens (tertiary/aromatic N) is 1. The Labute approximate surface area is 248 Å². The van der Waals surface area contributed by atoms with Crippen LogP contribution >= 0.6 is 23.8 Å². The SMILES string of the molecule is CCOC(=O)C1=C(C)NC(=S)N[C@H]1c1ccccc1OCC(=O)NN=Cc1ccc(OCc2ccc(Cl)cc2)cc1. The van der Waals surface area contributed by atoms with Crippen molar-refractivity contribution in [1.29, 1.82) is 0 Å².